The van der Waals surface area contributed by atoms with Gasteiger partial charge in [0.2, 0.25) is 5.91 Å². The molecule has 2 N–H and O–H groups in total. The van der Waals surface area contributed by atoms with Crippen LogP contribution >= 0.6 is 11.8 Å². The molecule has 128 valence electrons. The van der Waals surface area contributed by atoms with E-state index in [0.29, 0.717) is 0 Å². The average molecular weight is 347 g/mol. The molecule has 2 atom stereocenters. The van der Waals surface area contributed by atoms with Crippen LogP contribution in [-0.4, -0.2) is 49.7 Å². The van der Waals surface area contributed by atoms with Crippen LogP contribution in [0.15, 0.2) is 24.3 Å². The van der Waals surface area contributed by atoms with Crippen molar-refractivity contribution in [3.05, 3.63) is 30.1 Å². The van der Waals surface area contributed by atoms with Gasteiger partial charge in [0.05, 0.1) is 22.0 Å². The van der Waals surface area contributed by atoms with Gasteiger partial charge in [-0.05, 0) is 38.8 Å². The second-order valence-corrected chi connectivity index (χ2v) is 7.47. The largest absolute Gasteiger partial charge is 0.480 e. The quantitative estimate of drug-likeness (QED) is 0.804. The molecule has 0 bridgehead atoms. The van der Waals surface area contributed by atoms with Crippen LogP contribution in [-0.2, 0) is 9.59 Å². The summed E-state index contributed by atoms with van der Waals surface area (Å²) in [6.45, 7) is 3.57. The Morgan fingerprint density at radius 3 is 2.71 bits per heavy atom. The number of benzene rings is 1. The predicted molar refractivity (Wildman–Crippen MR) is 93.9 cm³/mol. The molecule has 1 fully saturated rings. The number of aromatic nitrogens is 2. The fourth-order valence-corrected chi connectivity index (χ4v) is 3.53. The van der Waals surface area contributed by atoms with E-state index < -0.39 is 12.0 Å². The van der Waals surface area contributed by atoms with Gasteiger partial charge in [-0.2, -0.15) is 0 Å². The first-order chi connectivity index (χ1) is 11.5. The third kappa shape index (κ3) is 3.56. The van der Waals surface area contributed by atoms with Crippen molar-refractivity contribution in [3.63, 3.8) is 0 Å². The molecule has 1 aliphatic rings. The monoisotopic (exact) mass is 347 g/mol. The maximum Gasteiger partial charge on any atom is 0.326 e. The van der Waals surface area contributed by atoms with Gasteiger partial charge in [-0.3, -0.25) is 4.79 Å². The van der Waals surface area contributed by atoms with E-state index in [1.54, 1.807) is 6.92 Å². The molecule has 1 aliphatic carbocycles. The Bertz CT molecular complexity index is 723. The lowest BCUT2D eigenvalue weighted by atomic mass is 10.2. The van der Waals surface area contributed by atoms with E-state index in [1.165, 1.54) is 16.7 Å². The number of H-pyrrole nitrogens is 1. The van der Waals surface area contributed by atoms with Gasteiger partial charge in [0.1, 0.15) is 11.9 Å². The summed E-state index contributed by atoms with van der Waals surface area (Å²) in [5.41, 5.74) is 1.88. The van der Waals surface area contributed by atoms with Crippen LogP contribution in [0.25, 0.3) is 11.0 Å². The fraction of sp³-hybridized carbons (Fsp3) is 0.471. The molecule has 2 unspecified atom stereocenters. The summed E-state index contributed by atoms with van der Waals surface area (Å²) in [5.74, 6) is 0.0241. The highest BCUT2D eigenvalue weighted by Crippen LogP contribution is 2.32. The Kier molecular flexibility index (Phi) is 4.80. The molecule has 1 aromatic heterocycles. The van der Waals surface area contributed by atoms with Gasteiger partial charge in [-0.15, -0.1) is 11.8 Å². The zero-order chi connectivity index (χ0) is 17.3. The van der Waals surface area contributed by atoms with E-state index in [1.807, 2.05) is 31.2 Å². The molecule has 0 spiro atoms. The molecular formula is C17H21N3O3S. The lowest BCUT2D eigenvalue weighted by Crippen LogP contribution is -2.45. The molecule has 1 aromatic carbocycles. The number of rotatable bonds is 7. The summed E-state index contributed by atoms with van der Waals surface area (Å²) in [6.07, 6.45) is 1.79. The Morgan fingerprint density at radius 2 is 2.08 bits per heavy atom. The van der Waals surface area contributed by atoms with Crippen LogP contribution in [0.1, 0.15) is 37.8 Å². The van der Waals surface area contributed by atoms with Crippen LogP contribution in [0.5, 0.6) is 0 Å². The molecule has 6 nitrogen and oxygen atoms in total. The molecule has 0 aliphatic heterocycles. The van der Waals surface area contributed by atoms with Crippen LogP contribution in [0.3, 0.4) is 0 Å². The van der Waals surface area contributed by atoms with Crippen molar-refractivity contribution in [2.45, 2.75) is 44.0 Å². The van der Waals surface area contributed by atoms with Crippen LogP contribution in [0.2, 0.25) is 0 Å². The maximum atomic E-state index is 12.5. The molecule has 0 saturated heterocycles. The van der Waals surface area contributed by atoms with Crippen LogP contribution in [0, 0.1) is 0 Å². The number of aromatic amines is 1. The molecule has 1 amide bonds. The number of hydrogen-bond acceptors (Lipinski definition) is 4. The number of nitrogens with zero attached hydrogens (tertiary/aromatic N) is 2. The molecule has 7 heteroatoms. The highest BCUT2D eigenvalue weighted by molar-refractivity contribution is 8.00. The lowest BCUT2D eigenvalue weighted by Gasteiger charge is -2.26. The highest BCUT2D eigenvalue weighted by Gasteiger charge is 2.38. The van der Waals surface area contributed by atoms with E-state index in [-0.39, 0.29) is 23.0 Å². The zero-order valence-electron chi connectivity index (χ0n) is 13.7. The van der Waals surface area contributed by atoms with Gasteiger partial charge >= 0.3 is 5.97 Å². The minimum absolute atomic E-state index is 0.0301. The second kappa shape index (κ2) is 6.84. The van der Waals surface area contributed by atoms with Gasteiger partial charge in [0, 0.05) is 6.04 Å². The van der Waals surface area contributed by atoms with E-state index >= 15 is 0 Å². The number of imidazole rings is 1. The Hall–Kier alpha value is -2.02. The molecule has 2 aromatic rings. The number of aliphatic carboxylic acids is 1. The maximum absolute atomic E-state index is 12.5. The van der Waals surface area contributed by atoms with Crippen molar-refractivity contribution in [2.24, 2.45) is 0 Å². The first-order valence-electron chi connectivity index (χ1n) is 8.07. The standard InChI is InChI=1S/C17H21N3O3S/c1-10(17(22)23)20(12-7-8-12)15(21)9-24-11(2)16-18-13-5-3-4-6-14(13)19-16/h3-6,10-12H,7-9H2,1-2H3,(H,18,19)(H,22,23). The number of nitrogens with one attached hydrogen (secondary N) is 1. The number of carboxylic acids is 1. The summed E-state index contributed by atoms with van der Waals surface area (Å²) >= 11 is 1.48. The lowest BCUT2D eigenvalue weighted by molar-refractivity contribution is -0.148. The van der Waals surface area contributed by atoms with Gasteiger partial charge in [0.15, 0.2) is 0 Å². The molecule has 24 heavy (non-hydrogen) atoms. The van der Waals surface area contributed by atoms with Crippen molar-refractivity contribution in [2.75, 3.05) is 5.75 Å². The van der Waals surface area contributed by atoms with E-state index in [2.05, 4.69) is 9.97 Å². The van der Waals surface area contributed by atoms with Crippen molar-refractivity contribution < 1.29 is 14.7 Å². The number of amides is 1. The summed E-state index contributed by atoms with van der Waals surface area (Å²) in [4.78, 5) is 33.1. The van der Waals surface area contributed by atoms with Gasteiger partial charge < -0.3 is 15.0 Å². The topological polar surface area (TPSA) is 86.3 Å². The van der Waals surface area contributed by atoms with E-state index in [0.717, 1.165) is 29.7 Å². The third-order valence-electron chi connectivity index (χ3n) is 4.25. The Balaban J connectivity index is 1.63. The third-order valence-corrected chi connectivity index (χ3v) is 5.39. The van der Waals surface area contributed by atoms with Crippen molar-refractivity contribution in [3.8, 4) is 0 Å². The first-order valence-corrected chi connectivity index (χ1v) is 9.12. The number of hydrogen-bond donors (Lipinski definition) is 2. The number of para-hydroxylation sites is 2. The number of carbonyl (C=O) groups is 2. The molecule has 0 radical (unpaired) electrons. The summed E-state index contributed by atoms with van der Waals surface area (Å²) in [6, 6.07) is 7.12. The van der Waals surface area contributed by atoms with Crippen molar-refractivity contribution >= 4 is 34.7 Å². The normalized spacial score (nSPS) is 16.8. The van der Waals surface area contributed by atoms with Crippen LogP contribution < -0.4 is 0 Å². The highest BCUT2D eigenvalue weighted by atomic mass is 32.2. The van der Waals surface area contributed by atoms with E-state index in [4.69, 9.17) is 0 Å². The molecular weight excluding hydrogens is 326 g/mol. The Morgan fingerprint density at radius 1 is 1.38 bits per heavy atom. The smallest absolute Gasteiger partial charge is 0.326 e. The number of carbonyl (C=O) groups excluding carboxylic acids is 1. The minimum Gasteiger partial charge on any atom is -0.480 e. The van der Waals surface area contributed by atoms with E-state index in [9.17, 15) is 14.7 Å². The fourth-order valence-electron chi connectivity index (χ4n) is 2.72. The summed E-state index contributed by atoms with van der Waals surface area (Å²) < 4.78 is 0. The van der Waals surface area contributed by atoms with Crippen molar-refractivity contribution in [1.82, 2.24) is 14.9 Å². The minimum atomic E-state index is -0.953. The zero-order valence-corrected chi connectivity index (χ0v) is 14.5. The predicted octanol–water partition coefficient (Wildman–Crippen LogP) is 2.82. The second-order valence-electron chi connectivity index (χ2n) is 6.14. The summed E-state index contributed by atoms with van der Waals surface area (Å²) in [7, 11) is 0. The SMILES string of the molecule is CC(SCC(=O)N(C1CC1)C(C)C(=O)O)c1nc2ccccc2[nH]1. The van der Waals surface area contributed by atoms with Crippen molar-refractivity contribution in [1.29, 1.82) is 0 Å². The van der Waals surface area contributed by atoms with Gasteiger partial charge in [-0.25, -0.2) is 9.78 Å². The molecule has 1 heterocycles. The number of fused-ring (bicyclic) bond motifs is 1. The average Bonchev–Trinajstić information content (AvgIpc) is 3.29. The van der Waals surface area contributed by atoms with Gasteiger partial charge in [-0.1, -0.05) is 12.1 Å². The first kappa shape index (κ1) is 16.8. The number of carboxylic acid groups (broad SMARTS) is 1. The molecule has 1 saturated carbocycles. The summed E-state index contributed by atoms with van der Waals surface area (Å²) in [5, 5.41) is 9.23. The van der Waals surface area contributed by atoms with Crippen LogP contribution in [0.4, 0.5) is 0 Å². The van der Waals surface area contributed by atoms with Gasteiger partial charge in [0.25, 0.3) is 0 Å². The molecule has 3 rings (SSSR count). The Labute approximate surface area is 144 Å². The number of thioether (sulfide) groups is 1.